The second kappa shape index (κ2) is 10.1. The molecule has 9 heteroatoms. The second-order valence-corrected chi connectivity index (χ2v) is 15.9. The van der Waals surface area contributed by atoms with Gasteiger partial charge < -0.3 is 28.7 Å². The molecule has 0 radical (unpaired) electrons. The average Bonchev–Trinajstić information content (AvgIpc) is 3.41. The lowest BCUT2D eigenvalue weighted by atomic mass is 9.71. The number of hydrogen-bond donors (Lipinski definition) is 2. The van der Waals surface area contributed by atoms with Crippen LogP contribution in [0.25, 0.3) is 10.9 Å². The molecular weight excluding hydrogens is 538 g/mol. The van der Waals surface area contributed by atoms with E-state index in [0.717, 1.165) is 16.6 Å². The number of ketones is 1. The Bertz CT molecular complexity index is 1510. The molecule has 2 aromatic carbocycles. The van der Waals surface area contributed by atoms with Crippen molar-refractivity contribution in [3.63, 3.8) is 0 Å². The molecule has 1 fully saturated rings. The van der Waals surface area contributed by atoms with E-state index in [1.807, 2.05) is 32.0 Å². The lowest BCUT2D eigenvalue weighted by molar-refractivity contribution is -0.160. The Morgan fingerprint density at radius 1 is 1.10 bits per heavy atom. The number of carboxylic acids is 1. The minimum absolute atomic E-state index is 0.0902. The molecule has 8 nitrogen and oxygen atoms in total. The van der Waals surface area contributed by atoms with Gasteiger partial charge in [-0.25, -0.2) is 4.79 Å². The minimum Gasteiger partial charge on any atom is -0.491 e. The molecule has 0 bridgehead atoms. The first kappa shape index (κ1) is 29.5. The maximum absolute atomic E-state index is 13.7. The zero-order valence-electron chi connectivity index (χ0n) is 25.4. The largest absolute Gasteiger partial charge is 0.491 e. The Labute approximate surface area is 243 Å². The van der Waals surface area contributed by atoms with E-state index in [4.69, 9.17) is 18.6 Å². The van der Waals surface area contributed by atoms with Crippen molar-refractivity contribution in [2.45, 2.75) is 91.1 Å². The van der Waals surface area contributed by atoms with Crippen molar-refractivity contribution in [2.75, 3.05) is 6.61 Å². The van der Waals surface area contributed by atoms with Gasteiger partial charge in [-0.1, -0.05) is 40.7 Å². The van der Waals surface area contributed by atoms with Gasteiger partial charge in [-0.3, -0.25) is 4.79 Å². The van der Waals surface area contributed by atoms with Gasteiger partial charge in [-0.2, -0.15) is 0 Å². The molecule has 1 saturated heterocycles. The Hall–Kier alpha value is -2.98. The molecule has 2 heterocycles. The zero-order valence-corrected chi connectivity index (χ0v) is 26.5. The molecule has 1 unspecified atom stereocenters. The summed E-state index contributed by atoms with van der Waals surface area (Å²) >= 11 is 0. The molecule has 0 amide bonds. The van der Waals surface area contributed by atoms with Crippen LogP contribution in [-0.4, -0.2) is 61.6 Å². The molecule has 3 aromatic rings. The van der Waals surface area contributed by atoms with Gasteiger partial charge in [0, 0.05) is 27.6 Å². The van der Waals surface area contributed by atoms with Crippen LogP contribution in [-0.2, 0) is 19.3 Å². The van der Waals surface area contributed by atoms with Gasteiger partial charge in [0.15, 0.2) is 20.6 Å². The summed E-state index contributed by atoms with van der Waals surface area (Å²) in [6.07, 6.45) is -0.775. The van der Waals surface area contributed by atoms with Crippen LogP contribution < -0.4 is 4.74 Å². The summed E-state index contributed by atoms with van der Waals surface area (Å²) < 4.78 is 25.5. The standard InChI is InChI=1S/C32H41NO7Si/c1-30(2,3)28(40-41(8)9)26-23(38-32(6,7)39-26)16-37-18-11-13-19-21(15-18)31(4,5)27-24(25(19)34)20-12-10-17(29(35)36)14-22(20)33-27/h10-15,23,26,28,33,41H,16H2,1-9H3,(H,35,36)/t23-,26-,28?/m1/s1. The van der Waals surface area contributed by atoms with Crippen LogP contribution in [0.3, 0.4) is 0 Å². The number of aromatic amines is 1. The fourth-order valence-corrected chi connectivity index (χ4v) is 7.28. The smallest absolute Gasteiger partial charge is 0.335 e. The lowest BCUT2D eigenvalue weighted by Gasteiger charge is -2.38. The van der Waals surface area contributed by atoms with Crippen LogP contribution in [0.15, 0.2) is 36.4 Å². The first-order valence-electron chi connectivity index (χ1n) is 14.2. The highest BCUT2D eigenvalue weighted by Gasteiger charge is 2.49. The van der Waals surface area contributed by atoms with E-state index in [2.05, 4.69) is 52.7 Å². The topological polar surface area (TPSA) is 107 Å². The lowest BCUT2D eigenvalue weighted by Crippen LogP contribution is -2.48. The molecule has 41 heavy (non-hydrogen) atoms. The average molecular weight is 580 g/mol. The molecule has 2 aliphatic rings. The molecule has 220 valence electrons. The number of nitrogens with one attached hydrogen (secondary N) is 1. The number of fused-ring (bicyclic) bond motifs is 4. The molecule has 2 N–H and O–H groups in total. The maximum Gasteiger partial charge on any atom is 0.335 e. The Balaban J connectivity index is 1.44. The van der Waals surface area contributed by atoms with Crippen molar-refractivity contribution in [3.8, 4) is 5.75 Å². The number of benzene rings is 2. The van der Waals surface area contributed by atoms with Gasteiger partial charge in [-0.05, 0) is 68.3 Å². The highest BCUT2D eigenvalue weighted by molar-refractivity contribution is 6.48. The van der Waals surface area contributed by atoms with Crippen molar-refractivity contribution in [1.82, 2.24) is 4.98 Å². The van der Waals surface area contributed by atoms with E-state index in [1.54, 1.807) is 12.1 Å². The third kappa shape index (κ3) is 5.36. The van der Waals surface area contributed by atoms with Crippen molar-refractivity contribution in [3.05, 3.63) is 64.3 Å². The third-order valence-electron chi connectivity index (χ3n) is 8.01. The van der Waals surface area contributed by atoms with Crippen LogP contribution in [0.1, 0.15) is 86.0 Å². The Morgan fingerprint density at radius 2 is 1.80 bits per heavy atom. The number of carbonyl (C=O) groups excluding carboxylic acids is 1. The third-order valence-corrected chi connectivity index (χ3v) is 8.85. The number of carbonyl (C=O) groups is 2. The number of carboxylic acid groups (broad SMARTS) is 1. The zero-order chi connectivity index (χ0) is 30.1. The molecule has 1 aliphatic heterocycles. The van der Waals surface area contributed by atoms with Gasteiger partial charge in [0.05, 0.1) is 17.2 Å². The van der Waals surface area contributed by atoms with E-state index in [-0.39, 0.29) is 41.7 Å². The summed E-state index contributed by atoms with van der Waals surface area (Å²) in [6, 6.07) is 10.4. The normalized spacial score (nSPS) is 22.0. The summed E-state index contributed by atoms with van der Waals surface area (Å²) in [5.74, 6) is -1.23. The SMILES string of the molecule is C[SiH](C)OC([C@@H]1OC(C)(C)O[C@@H]1COc1ccc2c(c1)C(C)(C)c1[nH]c3cc(C(=O)O)ccc3c1C2=O)C(C)(C)C. The monoisotopic (exact) mass is 579 g/mol. The van der Waals surface area contributed by atoms with Crippen LogP contribution >= 0.6 is 0 Å². The van der Waals surface area contributed by atoms with Gasteiger partial charge >= 0.3 is 5.97 Å². The first-order chi connectivity index (χ1) is 19.0. The Morgan fingerprint density at radius 3 is 2.44 bits per heavy atom. The van der Waals surface area contributed by atoms with Crippen molar-refractivity contribution in [2.24, 2.45) is 5.41 Å². The van der Waals surface area contributed by atoms with E-state index in [1.165, 1.54) is 6.07 Å². The quantitative estimate of drug-likeness (QED) is 0.328. The maximum atomic E-state index is 13.7. The number of ether oxygens (including phenoxy) is 3. The predicted octanol–water partition coefficient (Wildman–Crippen LogP) is 6.05. The van der Waals surface area contributed by atoms with Gasteiger partial charge in [0.2, 0.25) is 0 Å². The molecule has 0 saturated carbocycles. The van der Waals surface area contributed by atoms with Gasteiger partial charge in [0.25, 0.3) is 0 Å². The van der Waals surface area contributed by atoms with E-state index in [9.17, 15) is 14.7 Å². The summed E-state index contributed by atoms with van der Waals surface area (Å²) in [6.45, 7) is 19.0. The minimum atomic E-state index is -1.36. The van der Waals surface area contributed by atoms with Gasteiger partial charge in [-0.15, -0.1) is 0 Å². The van der Waals surface area contributed by atoms with Crippen molar-refractivity contribution >= 4 is 31.7 Å². The number of aromatic nitrogens is 1. The summed E-state index contributed by atoms with van der Waals surface area (Å²) in [7, 11) is -1.36. The van der Waals surface area contributed by atoms with Gasteiger partial charge in [0.1, 0.15) is 24.6 Å². The second-order valence-electron chi connectivity index (χ2n) is 13.5. The molecule has 1 aliphatic carbocycles. The fourth-order valence-electron chi connectivity index (χ4n) is 6.13. The number of hydrogen-bond acceptors (Lipinski definition) is 6. The fraction of sp³-hybridized carbons (Fsp3) is 0.500. The molecular formula is C32H41NO7Si. The Kier molecular flexibility index (Phi) is 7.26. The van der Waals surface area contributed by atoms with Crippen LogP contribution in [0.2, 0.25) is 13.1 Å². The molecule has 0 spiro atoms. The first-order valence-corrected chi connectivity index (χ1v) is 17.0. The van der Waals surface area contributed by atoms with Crippen molar-refractivity contribution < 1.29 is 33.3 Å². The number of aromatic carboxylic acids is 1. The van der Waals surface area contributed by atoms with Crippen molar-refractivity contribution in [1.29, 1.82) is 0 Å². The summed E-state index contributed by atoms with van der Waals surface area (Å²) in [4.78, 5) is 28.6. The molecule has 3 atom stereocenters. The van der Waals surface area contributed by atoms with E-state index >= 15 is 0 Å². The predicted molar refractivity (Wildman–Crippen MR) is 160 cm³/mol. The number of rotatable bonds is 7. The van der Waals surface area contributed by atoms with E-state index in [0.29, 0.717) is 22.4 Å². The number of H-pyrrole nitrogens is 1. The van der Waals surface area contributed by atoms with Crippen LogP contribution in [0.4, 0.5) is 0 Å². The molecule has 1 aromatic heterocycles. The van der Waals surface area contributed by atoms with Crippen LogP contribution in [0, 0.1) is 5.41 Å². The molecule has 5 rings (SSSR count). The highest BCUT2D eigenvalue weighted by atomic mass is 28.3. The van der Waals surface area contributed by atoms with Crippen LogP contribution in [0.5, 0.6) is 5.75 Å². The van der Waals surface area contributed by atoms with E-state index < -0.39 is 26.2 Å². The summed E-state index contributed by atoms with van der Waals surface area (Å²) in [5, 5.41) is 10.2. The summed E-state index contributed by atoms with van der Waals surface area (Å²) in [5.41, 5.74) is 2.92. The highest BCUT2D eigenvalue weighted by Crippen LogP contribution is 2.45.